The van der Waals surface area contributed by atoms with Gasteiger partial charge in [-0.05, 0) is 31.9 Å². The van der Waals surface area contributed by atoms with Crippen LogP contribution in [0.2, 0.25) is 5.02 Å². The van der Waals surface area contributed by atoms with Gasteiger partial charge >= 0.3 is 0 Å². The standard InChI is InChI=1S/C14H19ClN2O3/c1-10(18)5-4-8-16-13(19)9-17-14(20)11-6-2-3-7-12(11)15/h2-3,6-7,10,18H,4-5,8-9H2,1H3,(H,16,19)(H,17,20). The highest BCUT2D eigenvalue weighted by Gasteiger charge is 2.10. The van der Waals surface area contributed by atoms with Crippen molar-refractivity contribution >= 4 is 23.4 Å². The fourth-order valence-corrected chi connectivity index (χ4v) is 1.81. The van der Waals surface area contributed by atoms with E-state index in [1.54, 1.807) is 31.2 Å². The van der Waals surface area contributed by atoms with Crippen LogP contribution in [0.3, 0.4) is 0 Å². The third kappa shape index (κ3) is 6.04. The van der Waals surface area contributed by atoms with Crippen LogP contribution in [0, 0.1) is 0 Å². The van der Waals surface area contributed by atoms with Crippen molar-refractivity contribution in [2.24, 2.45) is 0 Å². The summed E-state index contributed by atoms with van der Waals surface area (Å²) in [6, 6.07) is 6.65. The fraction of sp³-hybridized carbons (Fsp3) is 0.429. The van der Waals surface area contributed by atoms with E-state index in [2.05, 4.69) is 10.6 Å². The Labute approximate surface area is 123 Å². The third-order valence-electron chi connectivity index (χ3n) is 2.65. The number of carbonyl (C=O) groups excluding carboxylic acids is 2. The van der Waals surface area contributed by atoms with E-state index in [9.17, 15) is 9.59 Å². The molecule has 0 heterocycles. The second kappa shape index (κ2) is 8.55. The molecule has 0 radical (unpaired) electrons. The normalized spacial score (nSPS) is 11.8. The number of hydrogen-bond acceptors (Lipinski definition) is 3. The van der Waals surface area contributed by atoms with E-state index in [0.717, 1.165) is 0 Å². The van der Waals surface area contributed by atoms with Gasteiger partial charge in [-0.2, -0.15) is 0 Å². The Morgan fingerprint density at radius 1 is 1.30 bits per heavy atom. The Balaban J connectivity index is 2.27. The molecular formula is C14H19ClN2O3. The van der Waals surface area contributed by atoms with Gasteiger partial charge in [0.25, 0.3) is 5.91 Å². The van der Waals surface area contributed by atoms with E-state index >= 15 is 0 Å². The third-order valence-corrected chi connectivity index (χ3v) is 2.98. The van der Waals surface area contributed by atoms with E-state index in [-0.39, 0.29) is 24.5 Å². The van der Waals surface area contributed by atoms with E-state index in [1.807, 2.05) is 0 Å². The minimum atomic E-state index is -0.380. The summed E-state index contributed by atoms with van der Waals surface area (Å²) in [7, 11) is 0. The Kier molecular flexibility index (Phi) is 7.04. The summed E-state index contributed by atoms with van der Waals surface area (Å²) < 4.78 is 0. The minimum absolute atomic E-state index is 0.0985. The van der Waals surface area contributed by atoms with Gasteiger partial charge in [-0.1, -0.05) is 23.7 Å². The summed E-state index contributed by atoms with van der Waals surface area (Å²) in [4.78, 5) is 23.3. The van der Waals surface area contributed by atoms with Gasteiger partial charge in [-0.25, -0.2) is 0 Å². The van der Waals surface area contributed by atoms with E-state index in [1.165, 1.54) is 0 Å². The first-order valence-electron chi connectivity index (χ1n) is 6.48. The lowest BCUT2D eigenvalue weighted by Gasteiger charge is -2.08. The first kappa shape index (κ1) is 16.5. The van der Waals surface area contributed by atoms with Crippen LogP contribution in [-0.2, 0) is 4.79 Å². The molecular weight excluding hydrogens is 280 g/mol. The summed E-state index contributed by atoms with van der Waals surface area (Å²) in [6.07, 6.45) is 0.959. The lowest BCUT2D eigenvalue weighted by molar-refractivity contribution is -0.120. The van der Waals surface area contributed by atoms with E-state index in [0.29, 0.717) is 30.0 Å². The Morgan fingerprint density at radius 2 is 2.00 bits per heavy atom. The number of rotatable bonds is 7. The Morgan fingerprint density at radius 3 is 2.65 bits per heavy atom. The van der Waals surface area contributed by atoms with Crippen LogP contribution in [0.5, 0.6) is 0 Å². The summed E-state index contributed by atoms with van der Waals surface area (Å²) in [5, 5.41) is 14.6. The van der Waals surface area contributed by atoms with Crippen molar-refractivity contribution in [3.8, 4) is 0 Å². The molecule has 0 spiro atoms. The minimum Gasteiger partial charge on any atom is -0.393 e. The van der Waals surface area contributed by atoms with Crippen molar-refractivity contribution in [2.45, 2.75) is 25.9 Å². The molecule has 110 valence electrons. The lowest BCUT2D eigenvalue weighted by atomic mass is 10.2. The molecule has 0 aliphatic rings. The maximum absolute atomic E-state index is 11.8. The average Bonchev–Trinajstić information content (AvgIpc) is 2.41. The van der Waals surface area contributed by atoms with Gasteiger partial charge in [-0.15, -0.1) is 0 Å². The summed E-state index contributed by atoms with van der Waals surface area (Å²) in [5.74, 6) is -0.647. The lowest BCUT2D eigenvalue weighted by Crippen LogP contribution is -2.37. The summed E-state index contributed by atoms with van der Waals surface area (Å²) in [5.41, 5.74) is 0.344. The van der Waals surface area contributed by atoms with Crippen molar-refractivity contribution in [2.75, 3.05) is 13.1 Å². The Hall–Kier alpha value is -1.59. The molecule has 1 rings (SSSR count). The van der Waals surface area contributed by atoms with E-state index < -0.39 is 0 Å². The molecule has 0 aromatic heterocycles. The fourth-order valence-electron chi connectivity index (χ4n) is 1.59. The SMILES string of the molecule is CC(O)CCCNC(=O)CNC(=O)c1ccccc1Cl. The van der Waals surface area contributed by atoms with Gasteiger partial charge in [0.15, 0.2) is 0 Å². The van der Waals surface area contributed by atoms with Gasteiger partial charge in [0.2, 0.25) is 5.91 Å². The quantitative estimate of drug-likeness (QED) is 0.665. The number of benzene rings is 1. The molecule has 1 aromatic rings. The molecule has 0 saturated carbocycles. The van der Waals surface area contributed by atoms with Gasteiger partial charge in [0.05, 0.1) is 23.2 Å². The number of hydrogen-bond donors (Lipinski definition) is 3. The highest BCUT2D eigenvalue weighted by atomic mass is 35.5. The molecule has 6 heteroatoms. The number of aliphatic hydroxyl groups is 1. The molecule has 1 aromatic carbocycles. The number of nitrogens with one attached hydrogen (secondary N) is 2. The van der Waals surface area contributed by atoms with Crippen molar-refractivity contribution in [3.05, 3.63) is 34.9 Å². The number of carbonyl (C=O) groups is 2. The van der Waals surface area contributed by atoms with Gasteiger partial charge in [0.1, 0.15) is 0 Å². The average molecular weight is 299 g/mol. The van der Waals surface area contributed by atoms with Crippen LogP contribution in [0.15, 0.2) is 24.3 Å². The molecule has 1 atom stereocenters. The van der Waals surface area contributed by atoms with Crippen LogP contribution in [0.25, 0.3) is 0 Å². The molecule has 2 amide bonds. The molecule has 3 N–H and O–H groups in total. The van der Waals surface area contributed by atoms with Crippen LogP contribution in [-0.4, -0.2) is 36.1 Å². The molecule has 1 unspecified atom stereocenters. The molecule has 0 saturated heterocycles. The molecule has 0 fully saturated rings. The number of aliphatic hydroxyl groups excluding tert-OH is 1. The zero-order chi connectivity index (χ0) is 15.0. The van der Waals surface area contributed by atoms with Crippen LogP contribution in [0.4, 0.5) is 0 Å². The monoisotopic (exact) mass is 298 g/mol. The van der Waals surface area contributed by atoms with E-state index in [4.69, 9.17) is 16.7 Å². The molecule has 0 bridgehead atoms. The topological polar surface area (TPSA) is 78.4 Å². The van der Waals surface area contributed by atoms with Crippen LogP contribution < -0.4 is 10.6 Å². The van der Waals surface area contributed by atoms with Gasteiger partial charge < -0.3 is 15.7 Å². The largest absolute Gasteiger partial charge is 0.393 e. The second-order valence-electron chi connectivity index (χ2n) is 4.50. The van der Waals surface area contributed by atoms with Gasteiger partial charge in [0, 0.05) is 6.54 Å². The predicted octanol–water partition coefficient (Wildman–Crippen LogP) is 1.35. The molecule has 0 aliphatic carbocycles. The van der Waals surface area contributed by atoms with Crippen molar-refractivity contribution < 1.29 is 14.7 Å². The molecule has 20 heavy (non-hydrogen) atoms. The number of halogens is 1. The Bertz CT molecular complexity index is 463. The second-order valence-corrected chi connectivity index (χ2v) is 4.91. The summed E-state index contributed by atoms with van der Waals surface area (Å²) in [6.45, 7) is 2.08. The maximum Gasteiger partial charge on any atom is 0.253 e. The van der Waals surface area contributed by atoms with Crippen molar-refractivity contribution in [3.63, 3.8) is 0 Å². The summed E-state index contributed by atoms with van der Waals surface area (Å²) >= 11 is 5.88. The first-order valence-corrected chi connectivity index (χ1v) is 6.86. The zero-order valence-electron chi connectivity index (χ0n) is 11.4. The highest BCUT2D eigenvalue weighted by Crippen LogP contribution is 2.14. The molecule has 0 aliphatic heterocycles. The van der Waals surface area contributed by atoms with Crippen molar-refractivity contribution in [1.82, 2.24) is 10.6 Å². The van der Waals surface area contributed by atoms with Gasteiger partial charge in [-0.3, -0.25) is 9.59 Å². The molecule has 5 nitrogen and oxygen atoms in total. The first-order chi connectivity index (χ1) is 9.50. The van der Waals surface area contributed by atoms with Crippen LogP contribution >= 0.6 is 11.6 Å². The number of amides is 2. The highest BCUT2D eigenvalue weighted by molar-refractivity contribution is 6.33. The maximum atomic E-state index is 11.8. The van der Waals surface area contributed by atoms with Crippen molar-refractivity contribution in [1.29, 1.82) is 0 Å². The smallest absolute Gasteiger partial charge is 0.253 e. The zero-order valence-corrected chi connectivity index (χ0v) is 12.1. The predicted molar refractivity (Wildman–Crippen MR) is 77.7 cm³/mol. The van der Waals surface area contributed by atoms with Crippen LogP contribution in [0.1, 0.15) is 30.1 Å².